The molecule has 0 aliphatic carbocycles. The van der Waals surface area contributed by atoms with E-state index in [0.29, 0.717) is 31.9 Å². The summed E-state index contributed by atoms with van der Waals surface area (Å²) in [7, 11) is 0. The number of imide groups is 1. The van der Waals surface area contributed by atoms with Crippen molar-refractivity contribution in [2.24, 2.45) is 0 Å². The molecule has 1 atom stereocenters. The molecule has 4 rings (SSSR count). The number of amides is 3. The fourth-order valence-electron chi connectivity index (χ4n) is 4.25. The maximum absolute atomic E-state index is 12.9. The number of piperazine rings is 1. The summed E-state index contributed by atoms with van der Waals surface area (Å²) in [6.45, 7) is 2.02. The summed E-state index contributed by atoms with van der Waals surface area (Å²) in [5, 5.41) is 0. The van der Waals surface area contributed by atoms with Gasteiger partial charge in [-0.25, -0.2) is 4.79 Å². The van der Waals surface area contributed by atoms with E-state index in [9.17, 15) is 19.2 Å². The summed E-state index contributed by atoms with van der Waals surface area (Å²) >= 11 is 1.50. The van der Waals surface area contributed by atoms with Gasteiger partial charge in [0.2, 0.25) is 0 Å². The lowest BCUT2D eigenvalue weighted by molar-refractivity contribution is -0.155. The van der Waals surface area contributed by atoms with Crippen molar-refractivity contribution in [1.82, 2.24) is 9.80 Å². The molecule has 2 aliphatic rings. The number of benzene rings is 2. The third kappa shape index (κ3) is 4.94. The molecule has 2 aromatic carbocycles. The van der Waals surface area contributed by atoms with Crippen LogP contribution in [0.25, 0.3) is 0 Å². The largest absolute Gasteiger partial charge is 0.454 e. The summed E-state index contributed by atoms with van der Waals surface area (Å²) in [4.78, 5) is 56.2. The number of carbonyl (C=O) groups is 4. The Morgan fingerprint density at radius 1 is 0.912 bits per heavy atom. The fourth-order valence-corrected chi connectivity index (χ4v) is 4.70. The third-order valence-electron chi connectivity index (χ3n) is 6.10. The molecule has 178 valence electrons. The molecule has 0 unspecified atom stereocenters. The molecule has 8 nitrogen and oxygen atoms in total. The molecule has 0 aromatic heterocycles. The van der Waals surface area contributed by atoms with Crippen LogP contribution in [0, 0.1) is 0 Å². The zero-order valence-electron chi connectivity index (χ0n) is 19.0. The highest BCUT2D eigenvalue weighted by Crippen LogP contribution is 2.26. The Balaban J connectivity index is 1.35. The van der Waals surface area contributed by atoms with Gasteiger partial charge in [-0.05, 0) is 42.7 Å². The summed E-state index contributed by atoms with van der Waals surface area (Å²) in [6.07, 6.45) is 2.14. The maximum atomic E-state index is 12.9. The van der Waals surface area contributed by atoms with Gasteiger partial charge in [0.1, 0.15) is 6.04 Å². The number of para-hydroxylation sites is 1. The fraction of sp³-hybridized carbons (Fsp3) is 0.360. The minimum absolute atomic E-state index is 0.259. The number of rotatable bonds is 8. The number of ether oxygens (including phenoxy) is 1. The Labute approximate surface area is 202 Å². The minimum atomic E-state index is -1.07. The Morgan fingerprint density at radius 2 is 1.50 bits per heavy atom. The van der Waals surface area contributed by atoms with Crippen LogP contribution >= 0.6 is 11.8 Å². The van der Waals surface area contributed by atoms with Crippen LogP contribution in [0.4, 0.5) is 5.69 Å². The van der Waals surface area contributed by atoms with Crippen LogP contribution < -0.4 is 4.90 Å². The van der Waals surface area contributed by atoms with Crippen molar-refractivity contribution in [3.63, 3.8) is 0 Å². The Bertz CT molecular complexity index is 1030. The van der Waals surface area contributed by atoms with Crippen molar-refractivity contribution in [3.8, 4) is 0 Å². The number of carbonyl (C=O) groups excluding carboxylic acids is 4. The van der Waals surface area contributed by atoms with Gasteiger partial charge in [-0.1, -0.05) is 30.3 Å². The predicted octanol–water partition coefficient (Wildman–Crippen LogP) is 2.30. The maximum Gasteiger partial charge on any atom is 0.329 e. The molecule has 0 spiro atoms. The van der Waals surface area contributed by atoms with Gasteiger partial charge in [-0.2, -0.15) is 11.8 Å². The molecule has 1 fully saturated rings. The van der Waals surface area contributed by atoms with E-state index in [2.05, 4.69) is 4.90 Å². The second-order valence-corrected chi connectivity index (χ2v) is 9.12. The molecular formula is C25H27N3O5S. The average molecular weight is 482 g/mol. The number of hydrogen-bond donors (Lipinski definition) is 0. The van der Waals surface area contributed by atoms with Gasteiger partial charge in [-0.15, -0.1) is 0 Å². The van der Waals surface area contributed by atoms with Crippen LogP contribution in [0.15, 0.2) is 54.6 Å². The topological polar surface area (TPSA) is 87.2 Å². The molecule has 0 saturated carbocycles. The number of hydrogen-bond acceptors (Lipinski definition) is 7. The van der Waals surface area contributed by atoms with Gasteiger partial charge in [0.05, 0.1) is 11.1 Å². The number of thioether (sulfide) groups is 1. The van der Waals surface area contributed by atoms with E-state index in [-0.39, 0.29) is 23.5 Å². The number of esters is 1. The molecular weight excluding hydrogens is 454 g/mol. The van der Waals surface area contributed by atoms with E-state index in [0.717, 1.165) is 10.6 Å². The Hall–Kier alpha value is -3.33. The van der Waals surface area contributed by atoms with Crippen LogP contribution in [0.2, 0.25) is 0 Å². The molecule has 2 heterocycles. The average Bonchev–Trinajstić information content (AvgIpc) is 3.13. The lowest BCUT2D eigenvalue weighted by Crippen LogP contribution is -2.50. The number of fused-ring (bicyclic) bond motifs is 1. The van der Waals surface area contributed by atoms with E-state index >= 15 is 0 Å². The van der Waals surface area contributed by atoms with Gasteiger partial charge in [0.15, 0.2) is 6.61 Å². The molecule has 34 heavy (non-hydrogen) atoms. The van der Waals surface area contributed by atoms with E-state index in [4.69, 9.17) is 4.74 Å². The highest BCUT2D eigenvalue weighted by Gasteiger charge is 2.43. The third-order valence-corrected chi connectivity index (χ3v) is 6.74. The molecule has 0 radical (unpaired) electrons. The first-order chi connectivity index (χ1) is 16.5. The number of nitrogens with zero attached hydrogens (tertiary/aromatic N) is 3. The summed E-state index contributed by atoms with van der Waals surface area (Å²) in [5.74, 6) is -1.48. The quantitative estimate of drug-likeness (QED) is 0.422. The Morgan fingerprint density at radius 3 is 2.09 bits per heavy atom. The first-order valence-corrected chi connectivity index (χ1v) is 12.6. The normalized spacial score (nSPS) is 16.4. The summed E-state index contributed by atoms with van der Waals surface area (Å²) in [5.41, 5.74) is 1.67. The molecule has 2 aliphatic heterocycles. The lowest BCUT2D eigenvalue weighted by Gasteiger charge is -2.36. The van der Waals surface area contributed by atoms with E-state index in [1.54, 1.807) is 29.2 Å². The summed E-state index contributed by atoms with van der Waals surface area (Å²) in [6, 6.07) is 15.4. The van der Waals surface area contributed by atoms with Gasteiger partial charge >= 0.3 is 5.97 Å². The highest BCUT2D eigenvalue weighted by molar-refractivity contribution is 7.98. The molecule has 0 N–H and O–H groups in total. The van der Waals surface area contributed by atoms with E-state index < -0.39 is 30.4 Å². The standard InChI is InChI=1S/C25H27N3O5S/c1-34-16-11-21(28-23(30)19-9-5-6-10-20(19)24(28)31)25(32)33-17-22(29)27-14-12-26(13-15-27)18-7-3-2-4-8-18/h2-10,21H,11-17H2,1H3/t21-/m0/s1. The van der Waals surface area contributed by atoms with Crippen molar-refractivity contribution >= 4 is 41.1 Å². The van der Waals surface area contributed by atoms with Gasteiger partial charge in [-0.3, -0.25) is 19.3 Å². The molecule has 9 heteroatoms. The second-order valence-electron chi connectivity index (χ2n) is 8.13. The zero-order valence-corrected chi connectivity index (χ0v) is 19.8. The first-order valence-electron chi connectivity index (χ1n) is 11.2. The first kappa shape index (κ1) is 23.8. The van der Waals surface area contributed by atoms with E-state index in [1.807, 2.05) is 36.6 Å². The van der Waals surface area contributed by atoms with Crippen LogP contribution in [-0.4, -0.2) is 84.3 Å². The van der Waals surface area contributed by atoms with Crippen molar-refractivity contribution in [2.75, 3.05) is 49.7 Å². The Kier molecular flexibility index (Phi) is 7.52. The smallest absolute Gasteiger partial charge is 0.329 e. The van der Waals surface area contributed by atoms with E-state index in [1.165, 1.54) is 11.8 Å². The van der Waals surface area contributed by atoms with Gasteiger partial charge in [0, 0.05) is 31.9 Å². The van der Waals surface area contributed by atoms with Crippen LogP contribution in [0.1, 0.15) is 27.1 Å². The monoisotopic (exact) mass is 481 g/mol. The second kappa shape index (κ2) is 10.7. The van der Waals surface area contributed by atoms with Gasteiger partial charge in [0.25, 0.3) is 17.7 Å². The predicted molar refractivity (Wildman–Crippen MR) is 130 cm³/mol. The minimum Gasteiger partial charge on any atom is -0.454 e. The van der Waals surface area contributed by atoms with Crippen molar-refractivity contribution in [3.05, 3.63) is 65.7 Å². The highest BCUT2D eigenvalue weighted by atomic mass is 32.2. The lowest BCUT2D eigenvalue weighted by atomic mass is 10.1. The van der Waals surface area contributed by atoms with Crippen LogP contribution in [0.5, 0.6) is 0 Å². The van der Waals surface area contributed by atoms with Gasteiger partial charge < -0.3 is 14.5 Å². The van der Waals surface area contributed by atoms with Crippen molar-refractivity contribution < 1.29 is 23.9 Å². The van der Waals surface area contributed by atoms with Crippen LogP contribution in [-0.2, 0) is 14.3 Å². The molecule has 3 amide bonds. The summed E-state index contributed by atoms with van der Waals surface area (Å²) < 4.78 is 5.34. The SMILES string of the molecule is CSCC[C@@H](C(=O)OCC(=O)N1CCN(c2ccccc2)CC1)N1C(=O)c2ccccc2C1=O. The molecule has 0 bridgehead atoms. The zero-order chi connectivity index (χ0) is 24.1. The molecule has 1 saturated heterocycles. The van der Waals surface area contributed by atoms with Crippen LogP contribution in [0.3, 0.4) is 0 Å². The van der Waals surface area contributed by atoms with Crippen molar-refractivity contribution in [2.45, 2.75) is 12.5 Å². The number of anilines is 1. The molecule has 2 aromatic rings. The van der Waals surface area contributed by atoms with Crippen molar-refractivity contribution in [1.29, 1.82) is 0 Å².